The Balaban J connectivity index is 2.07. The van der Waals surface area contributed by atoms with Crippen LogP contribution in [0.3, 0.4) is 0 Å². The summed E-state index contributed by atoms with van der Waals surface area (Å²) in [5.74, 6) is -0.225. The zero-order valence-corrected chi connectivity index (χ0v) is 12.4. The first-order valence-electron chi connectivity index (χ1n) is 7.21. The highest BCUT2D eigenvalue weighted by atomic mass is 19.1. The van der Waals surface area contributed by atoms with Gasteiger partial charge in [-0.3, -0.25) is 4.79 Å². The quantitative estimate of drug-likeness (QED) is 0.742. The van der Waals surface area contributed by atoms with Crippen LogP contribution in [-0.2, 0) is 0 Å². The molecule has 2 rings (SSSR count). The Labute approximate surface area is 125 Å². The summed E-state index contributed by atoms with van der Waals surface area (Å²) >= 11 is 0. The lowest BCUT2D eigenvalue weighted by Crippen LogP contribution is -2.31. The summed E-state index contributed by atoms with van der Waals surface area (Å²) in [5, 5.41) is 0. The monoisotopic (exact) mass is 285 g/mol. The molecule has 0 radical (unpaired) electrons. The molecular formula is C18H20FNO. The number of ketones is 1. The van der Waals surface area contributed by atoms with E-state index >= 15 is 0 Å². The second-order valence-corrected chi connectivity index (χ2v) is 5.15. The Hall–Kier alpha value is -2.16. The molecule has 0 spiro atoms. The van der Waals surface area contributed by atoms with Crippen molar-refractivity contribution in [1.82, 2.24) is 0 Å². The molecule has 110 valence electrons. The van der Waals surface area contributed by atoms with Crippen LogP contribution in [0.4, 0.5) is 10.1 Å². The molecule has 3 heteroatoms. The molecule has 0 amide bonds. The van der Waals surface area contributed by atoms with Crippen molar-refractivity contribution in [3.63, 3.8) is 0 Å². The molecule has 0 heterocycles. The van der Waals surface area contributed by atoms with E-state index in [1.807, 2.05) is 44.2 Å². The van der Waals surface area contributed by atoms with E-state index in [0.717, 1.165) is 17.8 Å². The summed E-state index contributed by atoms with van der Waals surface area (Å²) in [6, 6.07) is 15.7. The number of hydrogen-bond donors (Lipinski definition) is 0. The van der Waals surface area contributed by atoms with Gasteiger partial charge in [-0.25, -0.2) is 4.39 Å². The van der Waals surface area contributed by atoms with E-state index in [9.17, 15) is 9.18 Å². The molecule has 0 saturated heterocycles. The minimum Gasteiger partial charge on any atom is -0.371 e. The molecule has 2 aromatic carbocycles. The zero-order valence-electron chi connectivity index (χ0n) is 12.4. The standard InChI is InChI=1S/C18H20FNO/c1-3-20(17-11-9-16(19)10-12-17)13-14(2)18(21)15-7-5-4-6-8-15/h4-12,14H,3,13H2,1-2H3. The molecule has 0 aliphatic rings. The van der Waals surface area contributed by atoms with Gasteiger partial charge in [-0.15, -0.1) is 0 Å². The van der Waals surface area contributed by atoms with Gasteiger partial charge in [-0.05, 0) is 31.2 Å². The summed E-state index contributed by atoms with van der Waals surface area (Å²) < 4.78 is 13.0. The molecule has 0 aromatic heterocycles. The molecule has 1 unspecified atom stereocenters. The van der Waals surface area contributed by atoms with Crippen molar-refractivity contribution in [2.24, 2.45) is 5.92 Å². The fourth-order valence-corrected chi connectivity index (χ4v) is 2.37. The predicted octanol–water partition coefficient (Wildman–Crippen LogP) is 4.17. The lowest BCUT2D eigenvalue weighted by atomic mass is 9.98. The minimum atomic E-state index is -0.247. The number of carbonyl (C=O) groups is 1. The molecule has 21 heavy (non-hydrogen) atoms. The summed E-state index contributed by atoms with van der Waals surface area (Å²) in [7, 11) is 0. The van der Waals surface area contributed by atoms with Crippen LogP contribution < -0.4 is 4.90 Å². The average molecular weight is 285 g/mol. The SMILES string of the molecule is CCN(CC(C)C(=O)c1ccccc1)c1ccc(F)cc1. The highest BCUT2D eigenvalue weighted by molar-refractivity contribution is 5.97. The lowest BCUT2D eigenvalue weighted by molar-refractivity contribution is 0.0933. The van der Waals surface area contributed by atoms with Crippen molar-refractivity contribution in [3.8, 4) is 0 Å². The van der Waals surface area contributed by atoms with E-state index in [4.69, 9.17) is 0 Å². The number of Topliss-reactive ketones (excluding diaryl/α,β-unsaturated/α-hetero) is 1. The van der Waals surface area contributed by atoms with Gasteiger partial charge in [0.1, 0.15) is 5.82 Å². The third-order valence-electron chi connectivity index (χ3n) is 3.57. The van der Waals surface area contributed by atoms with Gasteiger partial charge in [0.25, 0.3) is 0 Å². The second kappa shape index (κ2) is 7.02. The number of anilines is 1. The molecule has 0 fully saturated rings. The smallest absolute Gasteiger partial charge is 0.167 e. The van der Waals surface area contributed by atoms with Gasteiger partial charge in [0.05, 0.1) is 0 Å². The number of rotatable bonds is 6. The molecule has 0 saturated carbocycles. The van der Waals surface area contributed by atoms with Crippen LogP contribution in [0.25, 0.3) is 0 Å². The van der Waals surface area contributed by atoms with Crippen LogP contribution in [0.1, 0.15) is 24.2 Å². The van der Waals surface area contributed by atoms with Crippen molar-refractivity contribution >= 4 is 11.5 Å². The van der Waals surface area contributed by atoms with Crippen LogP contribution >= 0.6 is 0 Å². The van der Waals surface area contributed by atoms with E-state index in [2.05, 4.69) is 4.90 Å². The van der Waals surface area contributed by atoms with E-state index in [1.54, 1.807) is 12.1 Å². The maximum absolute atomic E-state index is 13.0. The Kier molecular flexibility index (Phi) is 5.09. The topological polar surface area (TPSA) is 20.3 Å². The maximum Gasteiger partial charge on any atom is 0.167 e. The highest BCUT2D eigenvalue weighted by Gasteiger charge is 2.18. The van der Waals surface area contributed by atoms with Crippen molar-refractivity contribution in [2.45, 2.75) is 13.8 Å². The first kappa shape index (κ1) is 15.2. The third kappa shape index (κ3) is 3.91. The predicted molar refractivity (Wildman–Crippen MR) is 84.2 cm³/mol. The number of halogens is 1. The van der Waals surface area contributed by atoms with Crippen molar-refractivity contribution in [3.05, 3.63) is 66.0 Å². The van der Waals surface area contributed by atoms with E-state index < -0.39 is 0 Å². The fraction of sp³-hybridized carbons (Fsp3) is 0.278. The number of benzene rings is 2. The van der Waals surface area contributed by atoms with E-state index in [-0.39, 0.29) is 17.5 Å². The molecule has 0 aliphatic heterocycles. The van der Waals surface area contributed by atoms with Crippen molar-refractivity contribution in [2.75, 3.05) is 18.0 Å². The van der Waals surface area contributed by atoms with Crippen LogP contribution in [0.15, 0.2) is 54.6 Å². The molecule has 0 N–H and O–H groups in total. The summed E-state index contributed by atoms with van der Waals surface area (Å²) in [6.45, 7) is 5.36. The van der Waals surface area contributed by atoms with E-state index in [1.165, 1.54) is 12.1 Å². The lowest BCUT2D eigenvalue weighted by Gasteiger charge is -2.26. The first-order chi connectivity index (χ1) is 10.1. The summed E-state index contributed by atoms with van der Waals surface area (Å²) in [6.07, 6.45) is 0. The fourth-order valence-electron chi connectivity index (χ4n) is 2.37. The van der Waals surface area contributed by atoms with Gasteiger partial charge in [0.2, 0.25) is 0 Å². The Morgan fingerprint density at radius 3 is 2.29 bits per heavy atom. The van der Waals surface area contributed by atoms with Crippen LogP contribution in [0, 0.1) is 11.7 Å². The van der Waals surface area contributed by atoms with Gasteiger partial charge in [0.15, 0.2) is 5.78 Å². The first-order valence-corrected chi connectivity index (χ1v) is 7.21. The van der Waals surface area contributed by atoms with Gasteiger partial charge >= 0.3 is 0 Å². The normalized spacial score (nSPS) is 12.0. The molecule has 0 aliphatic carbocycles. The summed E-state index contributed by atoms with van der Waals surface area (Å²) in [5.41, 5.74) is 1.67. The van der Waals surface area contributed by atoms with Crippen molar-refractivity contribution in [1.29, 1.82) is 0 Å². The third-order valence-corrected chi connectivity index (χ3v) is 3.57. The minimum absolute atomic E-state index is 0.114. The Morgan fingerprint density at radius 2 is 1.71 bits per heavy atom. The van der Waals surface area contributed by atoms with Crippen LogP contribution in [-0.4, -0.2) is 18.9 Å². The van der Waals surface area contributed by atoms with Crippen molar-refractivity contribution < 1.29 is 9.18 Å². The second-order valence-electron chi connectivity index (χ2n) is 5.15. The molecule has 1 atom stereocenters. The van der Waals surface area contributed by atoms with E-state index in [0.29, 0.717) is 6.54 Å². The summed E-state index contributed by atoms with van der Waals surface area (Å²) in [4.78, 5) is 14.5. The highest BCUT2D eigenvalue weighted by Crippen LogP contribution is 2.18. The maximum atomic E-state index is 13.0. The van der Waals surface area contributed by atoms with Crippen LogP contribution in [0.2, 0.25) is 0 Å². The average Bonchev–Trinajstić information content (AvgIpc) is 2.53. The molecule has 0 bridgehead atoms. The number of carbonyl (C=O) groups excluding carboxylic acids is 1. The number of nitrogens with zero attached hydrogens (tertiary/aromatic N) is 1. The molecule has 2 aromatic rings. The van der Waals surface area contributed by atoms with Gasteiger partial charge in [0, 0.05) is 30.3 Å². The Bertz CT molecular complexity index is 580. The van der Waals surface area contributed by atoms with Gasteiger partial charge in [-0.2, -0.15) is 0 Å². The van der Waals surface area contributed by atoms with Gasteiger partial charge < -0.3 is 4.90 Å². The number of hydrogen-bond acceptors (Lipinski definition) is 2. The Morgan fingerprint density at radius 1 is 1.10 bits per heavy atom. The zero-order chi connectivity index (χ0) is 15.2. The van der Waals surface area contributed by atoms with Gasteiger partial charge in [-0.1, -0.05) is 37.3 Å². The van der Waals surface area contributed by atoms with Crippen LogP contribution in [0.5, 0.6) is 0 Å². The molecule has 2 nitrogen and oxygen atoms in total. The largest absolute Gasteiger partial charge is 0.371 e. The molecular weight excluding hydrogens is 265 g/mol.